The Bertz CT molecular complexity index is 1460. The first-order valence-electron chi connectivity index (χ1n) is 12.2. The van der Waals surface area contributed by atoms with Crippen LogP contribution in [0.15, 0.2) is 48.5 Å². The van der Waals surface area contributed by atoms with Gasteiger partial charge in [-0.1, -0.05) is 30.3 Å². The molecule has 0 aliphatic heterocycles. The number of hydrogen-bond donors (Lipinski definition) is 1. The third-order valence-electron chi connectivity index (χ3n) is 6.21. The molecule has 9 heteroatoms. The summed E-state index contributed by atoms with van der Waals surface area (Å²) < 4.78 is 11.8. The van der Waals surface area contributed by atoms with Gasteiger partial charge in [-0.05, 0) is 63.3 Å². The van der Waals surface area contributed by atoms with Gasteiger partial charge in [0.15, 0.2) is 6.10 Å². The number of amides is 1. The van der Waals surface area contributed by atoms with Crippen molar-refractivity contribution in [3.63, 3.8) is 0 Å². The largest absolute Gasteiger partial charge is 0.462 e. The average molecular weight is 535 g/mol. The minimum Gasteiger partial charge on any atom is -0.462 e. The third kappa shape index (κ3) is 5.14. The Hall–Kier alpha value is -3.56. The van der Waals surface area contributed by atoms with Gasteiger partial charge in [-0.15, -0.1) is 22.7 Å². The molecule has 0 radical (unpaired) electrons. The molecule has 0 fully saturated rings. The smallest absolute Gasteiger partial charge is 0.341 e. The molecule has 2 aromatic carbocycles. The number of thiophene rings is 1. The molecule has 1 atom stereocenters. The highest BCUT2D eigenvalue weighted by Gasteiger charge is 2.29. The number of ether oxygens (including phenoxy) is 2. The van der Waals surface area contributed by atoms with E-state index in [1.165, 1.54) is 29.6 Å². The van der Waals surface area contributed by atoms with Gasteiger partial charge in [-0.3, -0.25) is 4.79 Å². The molecule has 1 amide bonds. The Morgan fingerprint density at radius 1 is 1.00 bits per heavy atom. The summed E-state index contributed by atoms with van der Waals surface area (Å²) in [5.41, 5.74) is 3.22. The molecule has 2 heterocycles. The number of carbonyl (C=O) groups is 3. The SMILES string of the molecule is CCOC(=O)c1c(NC(=O)C(C)OC(=O)c2ccccc2-c2nc3ccccc3s2)sc2c1CCCC2. The maximum atomic E-state index is 13.1. The first kappa shape index (κ1) is 25.1. The lowest BCUT2D eigenvalue weighted by Crippen LogP contribution is -2.30. The van der Waals surface area contributed by atoms with E-state index in [9.17, 15) is 14.4 Å². The number of benzene rings is 2. The quantitative estimate of drug-likeness (QED) is 0.281. The van der Waals surface area contributed by atoms with Crippen LogP contribution in [0.2, 0.25) is 0 Å². The summed E-state index contributed by atoms with van der Waals surface area (Å²) in [5, 5.41) is 3.97. The van der Waals surface area contributed by atoms with Gasteiger partial charge in [0, 0.05) is 10.4 Å². The van der Waals surface area contributed by atoms with Crippen molar-refractivity contribution < 1.29 is 23.9 Å². The molecule has 2 aromatic heterocycles. The highest BCUT2D eigenvalue weighted by atomic mass is 32.1. The van der Waals surface area contributed by atoms with Crippen molar-refractivity contribution in [3.05, 3.63) is 70.1 Å². The number of rotatable bonds is 7. The minimum atomic E-state index is -1.08. The highest BCUT2D eigenvalue weighted by Crippen LogP contribution is 2.39. The highest BCUT2D eigenvalue weighted by molar-refractivity contribution is 7.21. The van der Waals surface area contributed by atoms with E-state index in [1.807, 2.05) is 36.4 Å². The predicted molar refractivity (Wildman–Crippen MR) is 145 cm³/mol. The van der Waals surface area contributed by atoms with Crippen LogP contribution in [0.1, 0.15) is 57.8 Å². The Labute approximate surface area is 222 Å². The van der Waals surface area contributed by atoms with E-state index in [0.717, 1.165) is 46.3 Å². The maximum Gasteiger partial charge on any atom is 0.341 e. The van der Waals surface area contributed by atoms with Crippen molar-refractivity contribution in [2.24, 2.45) is 0 Å². The second kappa shape index (κ2) is 10.8. The number of thiazole rings is 1. The van der Waals surface area contributed by atoms with E-state index in [1.54, 1.807) is 19.1 Å². The van der Waals surface area contributed by atoms with Gasteiger partial charge in [-0.25, -0.2) is 14.6 Å². The van der Waals surface area contributed by atoms with Crippen LogP contribution in [0, 0.1) is 0 Å². The second-order valence-corrected chi connectivity index (χ2v) is 10.8. The summed E-state index contributed by atoms with van der Waals surface area (Å²) in [6.45, 7) is 3.52. The fourth-order valence-electron chi connectivity index (χ4n) is 4.40. The van der Waals surface area contributed by atoms with Crippen LogP contribution >= 0.6 is 22.7 Å². The van der Waals surface area contributed by atoms with E-state index in [0.29, 0.717) is 26.7 Å². The zero-order chi connectivity index (χ0) is 25.9. The van der Waals surface area contributed by atoms with Crippen molar-refractivity contribution in [1.29, 1.82) is 0 Å². The number of aromatic nitrogens is 1. The van der Waals surface area contributed by atoms with Crippen molar-refractivity contribution in [2.75, 3.05) is 11.9 Å². The van der Waals surface area contributed by atoms with Crippen LogP contribution in [0.4, 0.5) is 5.00 Å². The molecule has 1 aliphatic carbocycles. The van der Waals surface area contributed by atoms with Gasteiger partial charge in [-0.2, -0.15) is 0 Å². The monoisotopic (exact) mass is 534 g/mol. The summed E-state index contributed by atoms with van der Waals surface area (Å²) in [4.78, 5) is 44.6. The lowest BCUT2D eigenvalue weighted by molar-refractivity contribution is -0.123. The summed E-state index contributed by atoms with van der Waals surface area (Å²) in [7, 11) is 0. The van der Waals surface area contributed by atoms with Crippen LogP contribution in [-0.4, -0.2) is 35.5 Å². The van der Waals surface area contributed by atoms with E-state index >= 15 is 0 Å². The fourth-order valence-corrected chi connectivity index (χ4v) is 6.68. The van der Waals surface area contributed by atoms with Crippen molar-refractivity contribution in [3.8, 4) is 10.6 Å². The third-order valence-corrected chi connectivity index (χ3v) is 8.49. The molecular formula is C28H26N2O5S2. The number of carbonyl (C=O) groups excluding carboxylic acids is 3. The van der Waals surface area contributed by atoms with E-state index in [2.05, 4.69) is 10.3 Å². The number of nitrogens with zero attached hydrogens (tertiary/aromatic N) is 1. The molecule has 4 aromatic rings. The zero-order valence-electron chi connectivity index (χ0n) is 20.5. The molecule has 0 saturated heterocycles. The van der Waals surface area contributed by atoms with Gasteiger partial charge in [0.2, 0.25) is 0 Å². The van der Waals surface area contributed by atoms with Crippen LogP contribution < -0.4 is 5.32 Å². The Morgan fingerprint density at radius 2 is 1.76 bits per heavy atom. The number of aryl methyl sites for hydroxylation is 1. The molecule has 1 aliphatic rings. The zero-order valence-corrected chi connectivity index (χ0v) is 22.2. The van der Waals surface area contributed by atoms with Gasteiger partial charge < -0.3 is 14.8 Å². The van der Waals surface area contributed by atoms with Crippen LogP contribution in [0.25, 0.3) is 20.8 Å². The number of para-hydroxylation sites is 1. The maximum absolute atomic E-state index is 13.1. The summed E-state index contributed by atoms with van der Waals surface area (Å²) in [6.07, 6.45) is 2.61. The average Bonchev–Trinajstić information content (AvgIpc) is 3.50. The van der Waals surface area contributed by atoms with E-state index < -0.39 is 23.9 Å². The van der Waals surface area contributed by atoms with Gasteiger partial charge in [0.25, 0.3) is 5.91 Å². The van der Waals surface area contributed by atoms with Crippen LogP contribution in [0.5, 0.6) is 0 Å². The van der Waals surface area contributed by atoms with Gasteiger partial charge in [0.05, 0.1) is 28.0 Å². The normalized spacial score (nSPS) is 13.6. The topological polar surface area (TPSA) is 94.6 Å². The lowest BCUT2D eigenvalue weighted by Gasteiger charge is -2.15. The second-order valence-electron chi connectivity index (χ2n) is 8.70. The number of anilines is 1. The molecule has 7 nitrogen and oxygen atoms in total. The Balaban J connectivity index is 1.34. The number of esters is 2. The lowest BCUT2D eigenvalue weighted by atomic mass is 9.95. The van der Waals surface area contributed by atoms with E-state index in [-0.39, 0.29) is 6.61 Å². The Morgan fingerprint density at radius 3 is 2.57 bits per heavy atom. The van der Waals surface area contributed by atoms with Crippen molar-refractivity contribution in [1.82, 2.24) is 4.98 Å². The molecule has 5 rings (SSSR count). The fraction of sp³-hybridized carbons (Fsp3) is 0.286. The first-order chi connectivity index (χ1) is 18.0. The van der Waals surface area contributed by atoms with Crippen LogP contribution in [-0.2, 0) is 27.1 Å². The van der Waals surface area contributed by atoms with Crippen molar-refractivity contribution in [2.45, 2.75) is 45.6 Å². The molecular weight excluding hydrogens is 508 g/mol. The standard InChI is InChI=1S/C28H26N2O5S2/c1-3-34-28(33)23-19-12-6-8-14-21(19)36-26(23)30-24(31)16(2)35-27(32)18-11-5-4-10-17(18)25-29-20-13-7-9-15-22(20)37-25/h4-5,7,9-11,13,15-16H,3,6,8,12,14H2,1-2H3,(H,30,31). The first-order valence-corrected chi connectivity index (χ1v) is 13.9. The summed E-state index contributed by atoms with van der Waals surface area (Å²) in [6, 6.07) is 14.9. The number of fused-ring (bicyclic) bond motifs is 2. The molecule has 1 unspecified atom stereocenters. The van der Waals surface area contributed by atoms with E-state index in [4.69, 9.17) is 9.47 Å². The summed E-state index contributed by atoms with van der Waals surface area (Å²) in [5.74, 6) is -1.56. The molecule has 0 bridgehead atoms. The number of hydrogen-bond acceptors (Lipinski definition) is 8. The van der Waals surface area contributed by atoms with Gasteiger partial charge in [0.1, 0.15) is 10.0 Å². The Kier molecular flexibility index (Phi) is 7.34. The van der Waals surface area contributed by atoms with Crippen LogP contribution in [0.3, 0.4) is 0 Å². The minimum absolute atomic E-state index is 0.249. The number of nitrogens with one attached hydrogen (secondary N) is 1. The van der Waals surface area contributed by atoms with Gasteiger partial charge >= 0.3 is 11.9 Å². The molecule has 0 saturated carbocycles. The molecule has 0 spiro atoms. The summed E-state index contributed by atoms with van der Waals surface area (Å²) >= 11 is 2.89. The molecule has 1 N–H and O–H groups in total. The molecule has 37 heavy (non-hydrogen) atoms. The van der Waals surface area contributed by atoms with Crippen molar-refractivity contribution >= 4 is 55.7 Å². The predicted octanol–water partition coefficient (Wildman–Crippen LogP) is 6.26. The molecule has 190 valence electrons.